The van der Waals surface area contributed by atoms with Crippen molar-refractivity contribution in [2.45, 2.75) is 6.42 Å². The Hall–Kier alpha value is -1.98. The fraction of sp³-hybridized carbons (Fsp3) is 0.333. The van der Waals surface area contributed by atoms with Gasteiger partial charge >= 0.3 is 5.97 Å². The molecule has 1 saturated heterocycles. The molecule has 6 nitrogen and oxygen atoms in total. The standard InChI is InChI=1S/C9H11N3O3/c10-6-2-4(9(14)15)1-5-7(6)11-3-12-8(5)13/h2,5,11H,1,3,10H2,(H,12,13)(H,14,15). The first-order valence-corrected chi connectivity index (χ1v) is 4.54. The van der Waals surface area contributed by atoms with Crippen LogP contribution in [0.3, 0.4) is 0 Å². The molecule has 1 fully saturated rings. The van der Waals surface area contributed by atoms with Crippen molar-refractivity contribution in [1.82, 2.24) is 10.6 Å². The van der Waals surface area contributed by atoms with E-state index < -0.39 is 11.9 Å². The molecule has 1 atom stereocenters. The second kappa shape index (κ2) is 3.30. The smallest absolute Gasteiger partial charge is 0.331 e. The van der Waals surface area contributed by atoms with Crippen molar-refractivity contribution in [2.75, 3.05) is 6.67 Å². The Morgan fingerprint density at radius 1 is 1.53 bits per heavy atom. The minimum Gasteiger partial charge on any atom is -0.478 e. The van der Waals surface area contributed by atoms with Crippen LogP contribution in [0.15, 0.2) is 23.0 Å². The fourth-order valence-corrected chi connectivity index (χ4v) is 1.80. The number of carboxylic acids is 1. The summed E-state index contributed by atoms with van der Waals surface area (Å²) >= 11 is 0. The number of fused-ring (bicyclic) bond motifs is 1. The summed E-state index contributed by atoms with van der Waals surface area (Å²) in [6.07, 6.45) is 1.59. The van der Waals surface area contributed by atoms with E-state index in [2.05, 4.69) is 10.6 Å². The molecule has 0 bridgehead atoms. The molecule has 0 aromatic carbocycles. The zero-order valence-corrected chi connectivity index (χ0v) is 7.91. The highest BCUT2D eigenvalue weighted by molar-refractivity contribution is 5.91. The number of carbonyl (C=O) groups is 2. The van der Waals surface area contributed by atoms with Crippen LogP contribution in [0, 0.1) is 5.92 Å². The third-order valence-corrected chi connectivity index (χ3v) is 2.55. The van der Waals surface area contributed by atoms with Crippen molar-refractivity contribution >= 4 is 11.9 Å². The van der Waals surface area contributed by atoms with Crippen molar-refractivity contribution in [3.8, 4) is 0 Å². The van der Waals surface area contributed by atoms with E-state index in [4.69, 9.17) is 10.8 Å². The molecular formula is C9H11N3O3. The number of carbonyl (C=O) groups excluding carboxylic acids is 1. The molecule has 1 aliphatic carbocycles. The SMILES string of the molecule is NC1=C2NCNC(=O)C2CC(C(=O)O)=C1. The molecular weight excluding hydrogens is 198 g/mol. The van der Waals surface area contributed by atoms with Gasteiger partial charge in [0.25, 0.3) is 0 Å². The van der Waals surface area contributed by atoms with Crippen LogP contribution in [-0.4, -0.2) is 23.7 Å². The molecule has 1 unspecified atom stereocenters. The summed E-state index contributed by atoms with van der Waals surface area (Å²) < 4.78 is 0. The zero-order chi connectivity index (χ0) is 11.0. The summed E-state index contributed by atoms with van der Waals surface area (Å²) in [5, 5.41) is 14.4. The van der Waals surface area contributed by atoms with E-state index in [-0.39, 0.29) is 17.9 Å². The van der Waals surface area contributed by atoms with E-state index in [1.165, 1.54) is 6.08 Å². The molecule has 1 heterocycles. The first-order valence-electron chi connectivity index (χ1n) is 4.54. The molecule has 1 amide bonds. The number of amides is 1. The van der Waals surface area contributed by atoms with Gasteiger partial charge in [-0.2, -0.15) is 0 Å². The van der Waals surface area contributed by atoms with Crippen LogP contribution in [0.4, 0.5) is 0 Å². The van der Waals surface area contributed by atoms with E-state index in [1.54, 1.807) is 0 Å². The van der Waals surface area contributed by atoms with Crippen LogP contribution in [0.1, 0.15) is 6.42 Å². The van der Waals surface area contributed by atoms with Crippen LogP contribution in [0.5, 0.6) is 0 Å². The maximum Gasteiger partial charge on any atom is 0.331 e. The Kier molecular flexibility index (Phi) is 2.11. The number of hydrogen-bond acceptors (Lipinski definition) is 4. The Labute approximate surface area is 85.8 Å². The van der Waals surface area contributed by atoms with Crippen molar-refractivity contribution in [2.24, 2.45) is 11.7 Å². The van der Waals surface area contributed by atoms with Crippen molar-refractivity contribution in [3.63, 3.8) is 0 Å². The molecule has 2 rings (SSSR count). The van der Waals surface area contributed by atoms with Gasteiger partial charge in [-0.3, -0.25) is 4.79 Å². The average molecular weight is 209 g/mol. The number of nitrogens with two attached hydrogens (primary N) is 1. The Morgan fingerprint density at radius 3 is 2.93 bits per heavy atom. The fourth-order valence-electron chi connectivity index (χ4n) is 1.80. The van der Waals surface area contributed by atoms with E-state index in [0.717, 1.165) is 0 Å². The molecule has 0 spiro atoms. The number of hydrogen-bond donors (Lipinski definition) is 4. The van der Waals surface area contributed by atoms with Gasteiger partial charge in [0.2, 0.25) is 5.91 Å². The van der Waals surface area contributed by atoms with Gasteiger partial charge in [0, 0.05) is 11.3 Å². The minimum atomic E-state index is -1.03. The van der Waals surface area contributed by atoms with Crippen molar-refractivity contribution in [3.05, 3.63) is 23.0 Å². The zero-order valence-electron chi connectivity index (χ0n) is 7.91. The first kappa shape index (κ1) is 9.57. The normalized spacial score (nSPS) is 24.9. The highest BCUT2D eigenvalue weighted by Crippen LogP contribution is 2.27. The lowest BCUT2D eigenvalue weighted by Crippen LogP contribution is -2.49. The number of allylic oxidation sites excluding steroid dienone is 1. The third-order valence-electron chi connectivity index (χ3n) is 2.55. The maximum absolute atomic E-state index is 11.5. The summed E-state index contributed by atoms with van der Waals surface area (Å²) in [5.41, 5.74) is 6.80. The number of aliphatic carboxylic acids is 1. The molecule has 80 valence electrons. The second-order valence-electron chi connectivity index (χ2n) is 3.50. The van der Waals surface area contributed by atoms with Gasteiger partial charge < -0.3 is 21.5 Å². The lowest BCUT2D eigenvalue weighted by atomic mass is 9.88. The van der Waals surface area contributed by atoms with E-state index in [9.17, 15) is 9.59 Å². The highest BCUT2D eigenvalue weighted by Gasteiger charge is 2.33. The van der Waals surface area contributed by atoms with Gasteiger partial charge in [0.15, 0.2) is 0 Å². The molecule has 0 aromatic rings. The molecule has 6 heteroatoms. The predicted octanol–water partition coefficient (Wildman–Crippen LogP) is -1.14. The molecule has 5 N–H and O–H groups in total. The van der Waals surface area contributed by atoms with Gasteiger partial charge in [-0.15, -0.1) is 0 Å². The lowest BCUT2D eigenvalue weighted by Gasteiger charge is -2.30. The predicted molar refractivity (Wildman–Crippen MR) is 51.2 cm³/mol. The van der Waals surface area contributed by atoms with Crippen LogP contribution >= 0.6 is 0 Å². The van der Waals surface area contributed by atoms with Gasteiger partial charge in [0.05, 0.1) is 18.3 Å². The summed E-state index contributed by atoms with van der Waals surface area (Å²) in [6.45, 7) is 0.335. The van der Waals surface area contributed by atoms with Gasteiger partial charge in [-0.1, -0.05) is 0 Å². The minimum absolute atomic E-state index is 0.167. The van der Waals surface area contributed by atoms with Crippen LogP contribution < -0.4 is 16.4 Å². The molecule has 2 aliphatic rings. The Morgan fingerprint density at radius 2 is 2.27 bits per heavy atom. The van der Waals surface area contributed by atoms with Crippen molar-refractivity contribution < 1.29 is 14.7 Å². The summed E-state index contributed by atoms with van der Waals surface area (Å²) in [6, 6.07) is 0. The van der Waals surface area contributed by atoms with Gasteiger partial charge in [0.1, 0.15) is 0 Å². The largest absolute Gasteiger partial charge is 0.478 e. The number of carboxylic acid groups (broad SMARTS) is 1. The van der Waals surface area contributed by atoms with Crippen molar-refractivity contribution in [1.29, 1.82) is 0 Å². The summed E-state index contributed by atoms with van der Waals surface area (Å²) in [5.74, 6) is -1.70. The second-order valence-corrected chi connectivity index (χ2v) is 3.50. The summed E-state index contributed by atoms with van der Waals surface area (Å²) in [7, 11) is 0. The van der Waals surface area contributed by atoms with Gasteiger partial charge in [-0.05, 0) is 12.5 Å². The third kappa shape index (κ3) is 1.54. The molecule has 15 heavy (non-hydrogen) atoms. The van der Waals surface area contributed by atoms with E-state index in [1.807, 2.05) is 0 Å². The first-order chi connectivity index (χ1) is 7.09. The van der Waals surface area contributed by atoms with Crippen LogP contribution in [0.2, 0.25) is 0 Å². The monoisotopic (exact) mass is 209 g/mol. The molecule has 0 saturated carbocycles. The van der Waals surface area contributed by atoms with Crippen LogP contribution in [0.25, 0.3) is 0 Å². The number of rotatable bonds is 1. The number of nitrogens with one attached hydrogen (secondary N) is 2. The Balaban J connectivity index is 2.38. The van der Waals surface area contributed by atoms with Gasteiger partial charge in [-0.25, -0.2) is 4.79 Å². The quantitative estimate of drug-likeness (QED) is 0.437. The molecule has 0 radical (unpaired) electrons. The molecule has 0 aromatic heterocycles. The average Bonchev–Trinajstić information content (AvgIpc) is 2.19. The lowest BCUT2D eigenvalue weighted by molar-refractivity contribution is -0.133. The van der Waals surface area contributed by atoms with E-state index >= 15 is 0 Å². The topological polar surface area (TPSA) is 104 Å². The molecule has 1 aliphatic heterocycles. The maximum atomic E-state index is 11.5. The van der Waals surface area contributed by atoms with E-state index in [0.29, 0.717) is 18.1 Å². The Bertz CT molecular complexity index is 397. The van der Waals surface area contributed by atoms with Crippen LogP contribution in [-0.2, 0) is 9.59 Å². The highest BCUT2D eigenvalue weighted by atomic mass is 16.4. The summed E-state index contributed by atoms with van der Waals surface area (Å²) in [4.78, 5) is 22.3.